The molecule has 0 atom stereocenters. The second-order valence-corrected chi connectivity index (χ2v) is 5.33. The summed E-state index contributed by atoms with van der Waals surface area (Å²) in [6, 6.07) is 16.2. The first kappa shape index (κ1) is 13.7. The third kappa shape index (κ3) is 2.84. The van der Waals surface area contributed by atoms with E-state index >= 15 is 0 Å². The van der Waals surface area contributed by atoms with Crippen molar-refractivity contribution < 1.29 is 4.74 Å². The van der Waals surface area contributed by atoms with Crippen molar-refractivity contribution in [2.75, 3.05) is 7.11 Å². The van der Waals surface area contributed by atoms with Gasteiger partial charge in [-0.15, -0.1) is 0 Å². The predicted octanol–water partition coefficient (Wildman–Crippen LogP) is 4.25. The first-order valence-corrected chi connectivity index (χ1v) is 6.36. The Bertz CT molecular complexity index is 632. The van der Waals surface area contributed by atoms with Crippen LogP contribution in [0.1, 0.15) is 16.7 Å². The predicted molar refractivity (Wildman–Crippen MR) is 76.6 cm³/mol. The van der Waals surface area contributed by atoms with Gasteiger partial charge in [-0.3, -0.25) is 0 Å². The number of hydrogen-bond donors (Lipinski definition) is 0. The fraction of sp³-hybridized carbons (Fsp3) is 0.133. The van der Waals surface area contributed by atoms with Gasteiger partial charge in [0.05, 0.1) is 18.7 Å². The van der Waals surface area contributed by atoms with E-state index in [1.54, 1.807) is 37.4 Å². The van der Waals surface area contributed by atoms with Crippen molar-refractivity contribution in [1.82, 2.24) is 0 Å². The molecule has 0 aliphatic carbocycles. The molecule has 0 radical (unpaired) electrons. The minimum Gasteiger partial charge on any atom is -0.497 e. The number of halogens is 2. The van der Waals surface area contributed by atoms with E-state index in [1.165, 1.54) is 0 Å². The molecule has 96 valence electrons. The van der Waals surface area contributed by atoms with Gasteiger partial charge in [0, 0.05) is 0 Å². The van der Waals surface area contributed by atoms with Gasteiger partial charge in [-0.05, 0) is 35.4 Å². The van der Waals surface area contributed by atoms with E-state index in [4.69, 9.17) is 33.2 Å². The zero-order chi connectivity index (χ0) is 13.9. The van der Waals surface area contributed by atoms with E-state index in [2.05, 4.69) is 6.07 Å². The molecule has 0 amide bonds. The van der Waals surface area contributed by atoms with Crippen molar-refractivity contribution in [2.24, 2.45) is 0 Å². The highest BCUT2D eigenvalue weighted by Crippen LogP contribution is 2.41. The summed E-state index contributed by atoms with van der Waals surface area (Å²) in [5, 5.41) is 8.92. The fourth-order valence-corrected chi connectivity index (χ4v) is 2.24. The van der Waals surface area contributed by atoms with Crippen LogP contribution < -0.4 is 4.74 Å². The molecule has 2 aromatic rings. The van der Waals surface area contributed by atoms with E-state index in [0.717, 1.165) is 0 Å². The molecule has 0 unspecified atom stereocenters. The van der Waals surface area contributed by atoms with Gasteiger partial charge in [0.1, 0.15) is 5.75 Å². The first-order valence-electron chi connectivity index (χ1n) is 5.61. The van der Waals surface area contributed by atoms with Crippen molar-refractivity contribution >= 4 is 23.2 Å². The number of nitriles is 1. The molecule has 0 aromatic heterocycles. The number of nitrogens with zero attached hydrogens (tertiary/aromatic N) is 1. The summed E-state index contributed by atoms with van der Waals surface area (Å²) >= 11 is 12.9. The maximum atomic E-state index is 8.92. The average Bonchev–Trinajstić information content (AvgIpc) is 2.47. The van der Waals surface area contributed by atoms with E-state index in [1.807, 2.05) is 18.2 Å². The molecule has 0 saturated carbocycles. The lowest BCUT2D eigenvalue weighted by Crippen LogP contribution is -2.12. The molecule has 0 aliphatic rings. The average molecular weight is 292 g/mol. The molecule has 19 heavy (non-hydrogen) atoms. The number of hydrogen-bond acceptors (Lipinski definition) is 2. The van der Waals surface area contributed by atoms with Crippen molar-refractivity contribution in [1.29, 1.82) is 5.26 Å². The number of alkyl halides is 2. The topological polar surface area (TPSA) is 33.0 Å². The molecule has 4 heteroatoms. The summed E-state index contributed by atoms with van der Waals surface area (Å²) < 4.78 is 3.94. The van der Waals surface area contributed by atoms with Crippen LogP contribution in [-0.2, 0) is 4.33 Å². The van der Waals surface area contributed by atoms with Crippen molar-refractivity contribution in [3.05, 3.63) is 65.2 Å². The lowest BCUT2D eigenvalue weighted by Gasteiger charge is -2.21. The van der Waals surface area contributed by atoms with Crippen LogP contribution in [0.15, 0.2) is 48.5 Å². The lowest BCUT2D eigenvalue weighted by atomic mass is 10.0. The molecule has 2 nitrogen and oxygen atoms in total. The third-order valence-corrected chi connectivity index (χ3v) is 3.66. The minimum atomic E-state index is -1.22. The van der Waals surface area contributed by atoms with Crippen LogP contribution in [0, 0.1) is 11.3 Å². The molecule has 0 heterocycles. The van der Waals surface area contributed by atoms with Crippen LogP contribution >= 0.6 is 23.2 Å². The van der Waals surface area contributed by atoms with E-state index in [0.29, 0.717) is 22.4 Å². The highest BCUT2D eigenvalue weighted by Gasteiger charge is 2.29. The summed E-state index contributed by atoms with van der Waals surface area (Å²) in [4.78, 5) is 0. The van der Waals surface area contributed by atoms with Crippen molar-refractivity contribution in [2.45, 2.75) is 4.33 Å². The Morgan fingerprint density at radius 1 is 1.05 bits per heavy atom. The third-order valence-electron chi connectivity index (χ3n) is 2.79. The van der Waals surface area contributed by atoms with Gasteiger partial charge in [-0.1, -0.05) is 47.5 Å². The quantitative estimate of drug-likeness (QED) is 0.792. The summed E-state index contributed by atoms with van der Waals surface area (Å²) in [5.74, 6) is 0.680. The molecule has 0 bridgehead atoms. The number of rotatable bonds is 3. The molecule has 0 fully saturated rings. The van der Waals surface area contributed by atoms with Crippen LogP contribution in [0.25, 0.3) is 0 Å². The molecule has 0 aliphatic heterocycles. The Morgan fingerprint density at radius 3 is 2.32 bits per heavy atom. The van der Waals surface area contributed by atoms with Gasteiger partial charge in [0.25, 0.3) is 0 Å². The van der Waals surface area contributed by atoms with Crippen molar-refractivity contribution in [3.63, 3.8) is 0 Å². The molecular formula is C15H11Cl2NO. The second kappa shape index (κ2) is 5.52. The zero-order valence-corrected chi connectivity index (χ0v) is 11.7. The fourth-order valence-electron chi connectivity index (χ4n) is 1.77. The minimum absolute atomic E-state index is 0.520. The number of benzene rings is 2. The summed E-state index contributed by atoms with van der Waals surface area (Å²) in [6.45, 7) is 0. The van der Waals surface area contributed by atoms with Gasteiger partial charge < -0.3 is 4.74 Å². The highest BCUT2D eigenvalue weighted by molar-refractivity contribution is 6.50. The first-order chi connectivity index (χ1) is 9.07. The van der Waals surface area contributed by atoms with Crippen LogP contribution in [-0.4, -0.2) is 7.11 Å². The van der Waals surface area contributed by atoms with E-state index in [9.17, 15) is 0 Å². The molecule has 0 N–H and O–H groups in total. The Morgan fingerprint density at radius 2 is 1.68 bits per heavy atom. The largest absolute Gasteiger partial charge is 0.497 e. The van der Waals surface area contributed by atoms with Crippen LogP contribution in [0.4, 0.5) is 0 Å². The van der Waals surface area contributed by atoms with Gasteiger partial charge in [0.2, 0.25) is 0 Å². The Balaban J connectivity index is 2.48. The maximum absolute atomic E-state index is 8.92. The molecule has 0 spiro atoms. The maximum Gasteiger partial charge on any atom is 0.168 e. The zero-order valence-electron chi connectivity index (χ0n) is 10.2. The SMILES string of the molecule is COc1cccc(C(Cl)(Cl)c2cccc(C#N)c2)c1. The standard InChI is InChI=1S/C15H11Cl2NO/c1-19-14-7-3-6-13(9-14)15(16,17)12-5-2-4-11(8-12)10-18/h2-9H,1H3. The van der Waals surface area contributed by atoms with E-state index in [-0.39, 0.29) is 0 Å². The van der Waals surface area contributed by atoms with Gasteiger partial charge in [-0.25, -0.2) is 0 Å². The van der Waals surface area contributed by atoms with Crippen LogP contribution in [0.3, 0.4) is 0 Å². The van der Waals surface area contributed by atoms with Crippen LogP contribution in [0.5, 0.6) is 5.75 Å². The Labute approximate surface area is 122 Å². The Kier molecular flexibility index (Phi) is 3.99. The molecule has 2 aromatic carbocycles. The lowest BCUT2D eigenvalue weighted by molar-refractivity contribution is 0.414. The van der Waals surface area contributed by atoms with Gasteiger partial charge in [-0.2, -0.15) is 5.26 Å². The summed E-state index contributed by atoms with van der Waals surface area (Å²) in [6.07, 6.45) is 0. The molecule has 2 rings (SSSR count). The van der Waals surface area contributed by atoms with Gasteiger partial charge in [0.15, 0.2) is 4.33 Å². The smallest absolute Gasteiger partial charge is 0.168 e. The normalized spacial score (nSPS) is 10.8. The van der Waals surface area contributed by atoms with E-state index < -0.39 is 4.33 Å². The van der Waals surface area contributed by atoms with Gasteiger partial charge >= 0.3 is 0 Å². The number of ether oxygens (including phenoxy) is 1. The summed E-state index contributed by atoms with van der Waals surface area (Å²) in [5.41, 5.74) is 1.87. The molecular weight excluding hydrogens is 281 g/mol. The summed E-state index contributed by atoms with van der Waals surface area (Å²) in [7, 11) is 1.58. The molecule has 0 saturated heterocycles. The second-order valence-electron chi connectivity index (χ2n) is 4.00. The van der Waals surface area contributed by atoms with Crippen molar-refractivity contribution in [3.8, 4) is 11.8 Å². The number of methoxy groups -OCH3 is 1. The monoisotopic (exact) mass is 291 g/mol. The van der Waals surface area contributed by atoms with Crippen LogP contribution in [0.2, 0.25) is 0 Å². The Hall–Kier alpha value is -1.69. The highest BCUT2D eigenvalue weighted by atomic mass is 35.5.